The van der Waals surface area contributed by atoms with Crippen molar-refractivity contribution in [3.63, 3.8) is 0 Å². The Kier molecular flexibility index (Phi) is 9.56. The van der Waals surface area contributed by atoms with E-state index in [9.17, 15) is 15.0 Å². The van der Waals surface area contributed by atoms with E-state index in [-0.39, 0.29) is 48.6 Å². The van der Waals surface area contributed by atoms with Crippen molar-refractivity contribution in [3.8, 4) is 0 Å². The van der Waals surface area contributed by atoms with E-state index in [4.69, 9.17) is 14.2 Å². The first-order chi connectivity index (χ1) is 13.9. The minimum atomic E-state index is -0.658. The van der Waals surface area contributed by atoms with E-state index in [1.54, 1.807) is 0 Å². The van der Waals surface area contributed by atoms with Gasteiger partial charge in [-0.05, 0) is 31.7 Å². The van der Waals surface area contributed by atoms with Crippen molar-refractivity contribution in [1.29, 1.82) is 0 Å². The van der Waals surface area contributed by atoms with Gasteiger partial charge in [-0.3, -0.25) is 4.79 Å². The maximum Gasteiger partial charge on any atom is 0.311 e. The Hall–Kier alpha value is -1.47. The molecular formula is C23H36O6. The predicted molar refractivity (Wildman–Crippen MR) is 110 cm³/mol. The van der Waals surface area contributed by atoms with Crippen LogP contribution in [0.1, 0.15) is 45.6 Å². The number of rotatable bonds is 11. The Morgan fingerprint density at radius 1 is 1.17 bits per heavy atom. The Balaban J connectivity index is 2.07. The number of hydrogen-bond donors (Lipinski definition) is 2. The highest BCUT2D eigenvalue weighted by Gasteiger charge is 2.40. The van der Waals surface area contributed by atoms with E-state index in [2.05, 4.69) is 6.92 Å². The zero-order valence-electron chi connectivity index (χ0n) is 18.0. The van der Waals surface area contributed by atoms with Crippen molar-refractivity contribution in [2.24, 2.45) is 17.8 Å². The van der Waals surface area contributed by atoms with E-state index >= 15 is 0 Å². The van der Waals surface area contributed by atoms with Crippen molar-refractivity contribution in [2.75, 3.05) is 13.7 Å². The quantitative estimate of drug-likeness (QED) is 0.548. The van der Waals surface area contributed by atoms with E-state index in [1.165, 1.54) is 7.11 Å². The second kappa shape index (κ2) is 11.6. The van der Waals surface area contributed by atoms with Gasteiger partial charge in [-0.2, -0.15) is 0 Å². The van der Waals surface area contributed by atoms with Crippen LogP contribution in [0, 0.1) is 17.8 Å². The number of ether oxygens (including phenoxy) is 3. The molecule has 1 aromatic rings. The summed E-state index contributed by atoms with van der Waals surface area (Å²) in [5.74, 6) is -0.705. The SMILES string of the molecule is COC(=O)[C@H](C)[C@H]1CC[C@@H]([C@@H](C)[C@@H](OCc2ccccc2)[C@H](C)[C@H](O)CCO)O1. The summed E-state index contributed by atoms with van der Waals surface area (Å²) < 4.78 is 17.4. The highest BCUT2D eigenvalue weighted by molar-refractivity contribution is 5.72. The highest BCUT2D eigenvalue weighted by atomic mass is 16.5. The molecule has 1 aliphatic rings. The first-order valence-electron chi connectivity index (χ1n) is 10.6. The van der Waals surface area contributed by atoms with Crippen LogP contribution in [0.3, 0.4) is 0 Å². The number of aliphatic hydroxyl groups excluding tert-OH is 2. The molecule has 2 N–H and O–H groups in total. The highest BCUT2D eigenvalue weighted by Crippen LogP contribution is 2.35. The van der Waals surface area contributed by atoms with Crippen LogP contribution < -0.4 is 0 Å². The fourth-order valence-corrected chi connectivity index (χ4v) is 4.16. The number of carbonyl (C=O) groups is 1. The summed E-state index contributed by atoms with van der Waals surface area (Å²) in [6.07, 6.45) is 0.820. The molecule has 6 heteroatoms. The van der Waals surface area contributed by atoms with Gasteiger partial charge in [-0.15, -0.1) is 0 Å². The molecular weight excluding hydrogens is 372 g/mol. The number of carbonyl (C=O) groups excluding carboxylic acids is 1. The van der Waals surface area contributed by atoms with Crippen molar-refractivity contribution in [3.05, 3.63) is 35.9 Å². The van der Waals surface area contributed by atoms with Gasteiger partial charge in [-0.1, -0.05) is 44.2 Å². The minimum Gasteiger partial charge on any atom is -0.469 e. The van der Waals surface area contributed by atoms with Gasteiger partial charge in [0.1, 0.15) is 0 Å². The predicted octanol–water partition coefficient (Wildman–Crippen LogP) is 2.94. The summed E-state index contributed by atoms with van der Waals surface area (Å²) in [4.78, 5) is 11.9. The second-order valence-corrected chi connectivity index (χ2v) is 8.16. The third-order valence-electron chi connectivity index (χ3n) is 6.16. The molecule has 0 spiro atoms. The third-order valence-corrected chi connectivity index (χ3v) is 6.16. The molecule has 29 heavy (non-hydrogen) atoms. The summed E-state index contributed by atoms with van der Waals surface area (Å²) in [6, 6.07) is 9.93. The molecule has 1 aliphatic heterocycles. The monoisotopic (exact) mass is 408 g/mol. The van der Waals surface area contributed by atoms with Crippen LogP contribution >= 0.6 is 0 Å². The number of methoxy groups -OCH3 is 1. The standard InChI is InChI=1S/C23H36O6/c1-15(19(25)12-13-24)22(28-14-18-8-6-5-7-9-18)16(2)20-10-11-21(29-20)17(3)23(26)27-4/h5-9,15-17,19-22,24-25H,10-14H2,1-4H3/t15-,16-,17-,19-,20+,21-,22+/m1/s1. The van der Waals surface area contributed by atoms with Crippen LogP contribution in [0.5, 0.6) is 0 Å². The molecule has 1 aromatic carbocycles. The third kappa shape index (κ3) is 6.51. The average Bonchev–Trinajstić information content (AvgIpc) is 3.23. The summed E-state index contributed by atoms with van der Waals surface area (Å²) in [5.41, 5.74) is 1.07. The van der Waals surface area contributed by atoms with Gasteiger partial charge in [0.25, 0.3) is 0 Å². The number of aliphatic hydroxyl groups is 2. The maximum absolute atomic E-state index is 11.9. The topological polar surface area (TPSA) is 85.2 Å². The lowest BCUT2D eigenvalue weighted by Crippen LogP contribution is -2.41. The molecule has 164 valence electrons. The molecule has 2 rings (SSSR count). The zero-order valence-corrected chi connectivity index (χ0v) is 18.0. The van der Waals surface area contributed by atoms with Crippen LogP contribution in [0.2, 0.25) is 0 Å². The van der Waals surface area contributed by atoms with Gasteiger partial charge in [0, 0.05) is 18.4 Å². The smallest absolute Gasteiger partial charge is 0.311 e. The van der Waals surface area contributed by atoms with Gasteiger partial charge in [0.15, 0.2) is 0 Å². The van der Waals surface area contributed by atoms with Crippen LogP contribution in [0.4, 0.5) is 0 Å². The van der Waals surface area contributed by atoms with E-state index in [0.29, 0.717) is 13.0 Å². The lowest BCUT2D eigenvalue weighted by Gasteiger charge is -2.35. The van der Waals surface area contributed by atoms with Crippen molar-refractivity contribution < 1.29 is 29.2 Å². The number of esters is 1. The number of benzene rings is 1. The molecule has 0 saturated carbocycles. The lowest BCUT2D eigenvalue weighted by molar-refractivity contribution is -0.152. The zero-order chi connectivity index (χ0) is 21.4. The average molecular weight is 409 g/mol. The molecule has 0 amide bonds. The Bertz CT molecular complexity index is 607. The Labute approximate surface area is 174 Å². The summed E-state index contributed by atoms with van der Waals surface area (Å²) in [6.45, 7) is 6.24. The summed E-state index contributed by atoms with van der Waals surface area (Å²) in [5, 5.41) is 19.7. The van der Waals surface area contributed by atoms with Crippen LogP contribution in [0.25, 0.3) is 0 Å². The first-order valence-corrected chi connectivity index (χ1v) is 10.6. The van der Waals surface area contributed by atoms with Crippen molar-refractivity contribution >= 4 is 5.97 Å². The molecule has 0 aliphatic carbocycles. The minimum absolute atomic E-state index is 0.0249. The van der Waals surface area contributed by atoms with E-state index in [0.717, 1.165) is 18.4 Å². The van der Waals surface area contributed by atoms with Gasteiger partial charge in [-0.25, -0.2) is 0 Å². The van der Waals surface area contributed by atoms with Gasteiger partial charge in [0.2, 0.25) is 0 Å². The molecule has 0 aromatic heterocycles. The van der Waals surface area contributed by atoms with Crippen LogP contribution in [-0.4, -0.2) is 54.3 Å². The molecule has 7 atom stereocenters. The van der Waals surface area contributed by atoms with Crippen molar-refractivity contribution in [1.82, 2.24) is 0 Å². The largest absolute Gasteiger partial charge is 0.469 e. The lowest BCUT2D eigenvalue weighted by atomic mass is 9.84. The summed E-state index contributed by atoms with van der Waals surface area (Å²) >= 11 is 0. The van der Waals surface area contributed by atoms with E-state index in [1.807, 2.05) is 44.2 Å². The molecule has 6 nitrogen and oxygen atoms in total. The second-order valence-electron chi connectivity index (χ2n) is 8.16. The Morgan fingerprint density at radius 2 is 1.83 bits per heavy atom. The number of hydrogen-bond acceptors (Lipinski definition) is 6. The first kappa shape index (κ1) is 23.8. The van der Waals surface area contributed by atoms with Gasteiger partial charge in [0.05, 0.1) is 44.1 Å². The maximum atomic E-state index is 11.9. The fourth-order valence-electron chi connectivity index (χ4n) is 4.16. The Morgan fingerprint density at radius 3 is 2.45 bits per heavy atom. The van der Waals surface area contributed by atoms with E-state index < -0.39 is 6.10 Å². The summed E-state index contributed by atoms with van der Waals surface area (Å²) in [7, 11) is 1.39. The van der Waals surface area contributed by atoms with Gasteiger partial charge < -0.3 is 24.4 Å². The fraction of sp³-hybridized carbons (Fsp3) is 0.696. The van der Waals surface area contributed by atoms with Crippen molar-refractivity contribution in [2.45, 2.75) is 71.1 Å². The molecule has 1 heterocycles. The molecule has 1 saturated heterocycles. The van der Waals surface area contributed by atoms with Crippen LogP contribution in [-0.2, 0) is 25.6 Å². The van der Waals surface area contributed by atoms with Gasteiger partial charge >= 0.3 is 5.97 Å². The molecule has 0 radical (unpaired) electrons. The molecule has 1 fully saturated rings. The molecule has 0 unspecified atom stereocenters. The normalized spacial score (nSPS) is 24.5. The molecule has 0 bridgehead atoms. The van der Waals surface area contributed by atoms with Crippen LogP contribution in [0.15, 0.2) is 30.3 Å².